The number of hydrogen-bond donors (Lipinski definition) is 2. The number of hydrogen-bond acceptors (Lipinski definition) is 4. The van der Waals surface area contributed by atoms with Crippen molar-refractivity contribution in [3.8, 4) is 11.5 Å². The van der Waals surface area contributed by atoms with Crippen molar-refractivity contribution < 1.29 is 19.1 Å². The van der Waals surface area contributed by atoms with Gasteiger partial charge in [0.15, 0.2) is 11.5 Å². The Balaban J connectivity index is 1.89. The van der Waals surface area contributed by atoms with E-state index in [4.69, 9.17) is 9.47 Å². The fourth-order valence-electron chi connectivity index (χ4n) is 3.74. The van der Waals surface area contributed by atoms with Crippen molar-refractivity contribution in [3.05, 3.63) is 58.7 Å². The summed E-state index contributed by atoms with van der Waals surface area (Å²) >= 11 is 0. The molecule has 0 fully saturated rings. The van der Waals surface area contributed by atoms with Crippen LogP contribution in [0.5, 0.6) is 11.5 Å². The van der Waals surface area contributed by atoms with E-state index in [1.807, 2.05) is 38.1 Å². The highest BCUT2D eigenvalue weighted by atomic mass is 16.5. The largest absolute Gasteiger partial charge is 0.493 e. The molecule has 0 bridgehead atoms. The van der Waals surface area contributed by atoms with Crippen molar-refractivity contribution in [1.29, 1.82) is 0 Å². The second kappa shape index (κ2) is 9.52. The highest BCUT2D eigenvalue weighted by molar-refractivity contribution is 5.94. The van der Waals surface area contributed by atoms with E-state index in [0.717, 1.165) is 16.7 Å². The van der Waals surface area contributed by atoms with Crippen LogP contribution >= 0.6 is 0 Å². The van der Waals surface area contributed by atoms with Gasteiger partial charge in [0.05, 0.1) is 20.3 Å². The first-order chi connectivity index (χ1) is 14.5. The van der Waals surface area contributed by atoms with Gasteiger partial charge in [-0.3, -0.25) is 4.79 Å². The predicted octanol–water partition coefficient (Wildman–Crippen LogP) is 3.07. The summed E-state index contributed by atoms with van der Waals surface area (Å²) < 4.78 is 10.9. The van der Waals surface area contributed by atoms with E-state index in [-0.39, 0.29) is 18.0 Å². The van der Waals surface area contributed by atoms with Gasteiger partial charge in [0, 0.05) is 25.2 Å². The average molecular weight is 412 g/mol. The van der Waals surface area contributed by atoms with Gasteiger partial charge in [-0.15, -0.1) is 0 Å². The first kappa shape index (κ1) is 21.5. The third-order valence-corrected chi connectivity index (χ3v) is 5.36. The van der Waals surface area contributed by atoms with Gasteiger partial charge in [0.1, 0.15) is 0 Å². The first-order valence-corrected chi connectivity index (χ1v) is 10.1. The van der Waals surface area contributed by atoms with Crippen molar-refractivity contribution in [3.63, 3.8) is 0 Å². The Labute approximate surface area is 177 Å². The molecule has 1 aliphatic rings. The Morgan fingerprint density at radius 1 is 1.07 bits per heavy atom. The molecule has 1 atom stereocenters. The van der Waals surface area contributed by atoms with Crippen LogP contribution in [0.15, 0.2) is 36.4 Å². The van der Waals surface area contributed by atoms with Gasteiger partial charge in [-0.1, -0.05) is 17.7 Å². The number of nitrogens with one attached hydrogen (secondary N) is 2. The number of urea groups is 1. The van der Waals surface area contributed by atoms with Gasteiger partial charge < -0.3 is 25.0 Å². The summed E-state index contributed by atoms with van der Waals surface area (Å²) in [4.78, 5) is 27.1. The topological polar surface area (TPSA) is 79.9 Å². The molecule has 0 saturated carbocycles. The molecule has 0 unspecified atom stereocenters. The standard InChI is InChI=1S/C23H29N3O4/c1-5-24-23(28)26-11-10-17-12-20(29-3)21(30-4)13-18(17)19(26)14-25-22(27)16-8-6-15(2)7-9-16/h6-9,12-13,19H,5,10-11,14H2,1-4H3,(H,24,28)(H,25,27)/t19-/m0/s1. The molecular weight excluding hydrogens is 382 g/mol. The first-order valence-electron chi connectivity index (χ1n) is 10.1. The van der Waals surface area contributed by atoms with Gasteiger partial charge in [0.25, 0.3) is 5.91 Å². The molecule has 3 rings (SSSR count). The zero-order valence-corrected chi connectivity index (χ0v) is 18.0. The maximum absolute atomic E-state index is 12.7. The molecule has 2 N–H and O–H groups in total. The molecule has 0 aliphatic carbocycles. The van der Waals surface area contributed by atoms with E-state index in [1.54, 1.807) is 31.3 Å². The normalized spacial score (nSPS) is 15.2. The van der Waals surface area contributed by atoms with Crippen LogP contribution in [0.25, 0.3) is 0 Å². The molecule has 1 aliphatic heterocycles. The highest BCUT2D eigenvalue weighted by Gasteiger charge is 2.32. The molecule has 7 nitrogen and oxygen atoms in total. The lowest BCUT2D eigenvalue weighted by atomic mass is 9.91. The van der Waals surface area contributed by atoms with Crippen LogP contribution in [0.3, 0.4) is 0 Å². The smallest absolute Gasteiger partial charge is 0.317 e. The molecule has 1 heterocycles. The summed E-state index contributed by atoms with van der Waals surface area (Å²) in [6.07, 6.45) is 0.704. The zero-order chi connectivity index (χ0) is 21.7. The molecule has 0 aromatic heterocycles. The fourth-order valence-corrected chi connectivity index (χ4v) is 3.74. The van der Waals surface area contributed by atoms with E-state index in [2.05, 4.69) is 10.6 Å². The predicted molar refractivity (Wildman–Crippen MR) is 115 cm³/mol. The number of carbonyl (C=O) groups excluding carboxylic acids is 2. The van der Waals surface area contributed by atoms with Crippen LogP contribution in [0.4, 0.5) is 4.79 Å². The van der Waals surface area contributed by atoms with Crippen LogP contribution in [0.1, 0.15) is 40.0 Å². The number of methoxy groups -OCH3 is 2. The van der Waals surface area contributed by atoms with Crippen LogP contribution in [-0.2, 0) is 6.42 Å². The highest BCUT2D eigenvalue weighted by Crippen LogP contribution is 2.38. The molecule has 2 aromatic rings. The molecule has 30 heavy (non-hydrogen) atoms. The van der Waals surface area contributed by atoms with E-state index < -0.39 is 0 Å². The maximum Gasteiger partial charge on any atom is 0.317 e. The summed E-state index contributed by atoms with van der Waals surface area (Å²) in [7, 11) is 3.19. The van der Waals surface area contributed by atoms with Gasteiger partial charge in [-0.05, 0) is 55.7 Å². The van der Waals surface area contributed by atoms with Crippen molar-refractivity contribution in [2.24, 2.45) is 0 Å². The van der Waals surface area contributed by atoms with E-state index in [1.165, 1.54) is 0 Å². The van der Waals surface area contributed by atoms with Crippen LogP contribution < -0.4 is 20.1 Å². The number of fused-ring (bicyclic) bond motifs is 1. The molecule has 3 amide bonds. The number of amides is 3. The molecule has 7 heteroatoms. The Bertz CT molecular complexity index is 911. The summed E-state index contributed by atoms with van der Waals surface area (Å²) in [6, 6.07) is 10.8. The van der Waals surface area contributed by atoms with Gasteiger partial charge in [-0.2, -0.15) is 0 Å². The summed E-state index contributed by atoms with van der Waals surface area (Å²) in [5.74, 6) is 1.09. The minimum absolute atomic E-state index is 0.146. The average Bonchev–Trinajstić information content (AvgIpc) is 2.76. The van der Waals surface area contributed by atoms with Crippen molar-refractivity contribution in [1.82, 2.24) is 15.5 Å². The lowest BCUT2D eigenvalue weighted by Crippen LogP contribution is -2.49. The number of nitrogens with zero attached hydrogens (tertiary/aromatic N) is 1. The van der Waals surface area contributed by atoms with Crippen LogP contribution in [-0.4, -0.2) is 50.7 Å². The maximum atomic E-state index is 12.7. The van der Waals surface area contributed by atoms with Crippen molar-refractivity contribution in [2.75, 3.05) is 33.9 Å². The fraction of sp³-hybridized carbons (Fsp3) is 0.391. The van der Waals surface area contributed by atoms with Crippen molar-refractivity contribution >= 4 is 11.9 Å². The third kappa shape index (κ3) is 4.50. The molecule has 2 aromatic carbocycles. The molecule has 160 valence electrons. The number of carbonyl (C=O) groups is 2. The lowest BCUT2D eigenvalue weighted by molar-refractivity contribution is 0.0934. The number of ether oxygens (including phenoxy) is 2. The van der Waals surface area contributed by atoms with Crippen molar-refractivity contribution in [2.45, 2.75) is 26.3 Å². The van der Waals surface area contributed by atoms with E-state index in [0.29, 0.717) is 43.1 Å². The lowest BCUT2D eigenvalue weighted by Gasteiger charge is -2.37. The third-order valence-electron chi connectivity index (χ3n) is 5.36. The number of benzene rings is 2. The molecule has 0 spiro atoms. The summed E-state index contributed by atoms with van der Waals surface area (Å²) in [5, 5.41) is 5.86. The van der Waals surface area contributed by atoms with Crippen LogP contribution in [0.2, 0.25) is 0 Å². The Hall–Kier alpha value is -3.22. The second-order valence-corrected chi connectivity index (χ2v) is 7.28. The summed E-state index contributed by atoms with van der Waals surface area (Å²) in [6.45, 7) is 5.26. The molecule has 0 saturated heterocycles. The second-order valence-electron chi connectivity index (χ2n) is 7.28. The Kier molecular flexibility index (Phi) is 6.82. The van der Waals surface area contributed by atoms with Gasteiger partial charge in [0.2, 0.25) is 0 Å². The molecule has 0 radical (unpaired) electrons. The minimum Gasteiger partial charge on any atom is -0.493 e. The minimum atomic E-state index is -0.311. The zero-order valence-electron chi connectivity index (χ0n) is 18.0. The Morgan fingerprint density at radius 2 is 1.73 bits per heavy atom. The van der Waals surface area contributed by atoms with E-state index >= 15 is 0 Å². The van der Waals surface area contributed by atoms with Gasteiger partial charge >= 0.3 is 6.03 Å². The molecular formula is C23H29N3O4. The monoisotopic (exact) mass is 411 g/mol. The number of rotatable bonds is 6. The number of aryl methyl sites for hydroxylation is 1. The quantitative estimate of drug-likeness (QED) is 0.766. The van der Waals surface area contributed by atoms with E-state index in [9.17, 15) is 9.59 Å². The van der Waals surface area contributed by atoms with Crippen LogP contribution in [0, 0.1) is 6.92 Å². The SMILES string of the molecule is CCNC(=O)N1CCc2cc(OC)c(OC)cc2[C@@H]1CNC(=O)c1ccc(C)cc1. The summed E-state index contributed by atoms with van der Waals surface area (Å²) in [5.41, 5.74) is 3.72. The van der Waals surface area contributed by atoms with Gasteiger partial charge in [-0.25, -0.2) is 4.79 Å². The Morgan fingerprint density at radius 3 is 2.37 bits per heavy atom.